The number of benzene rings is 1. The summed E-state index contributed by atoms with van der Waals surface area (Å²) in [5.41, 5.74) is 7.57. The summed E-state index contributed by atoms with van der Waals surface area (Å²) in [6, 6.07) is 3.67. The molecule has 0 atom stereocenters. The lowest BCUT2D eigenvalue weighted by Gasteiger charge is -2.14. The number of hydrogen-bond donors (Lipinski definition) is 2. The molecule has 0 saturated heterocycles. The minimum absolute atomic E-state index is 0.658. The van der Waals surface area contributed by atoms with Crippen molar-refractivity contribution in [1.82, 2.24) is 0 Å². The van der Waals surface area contributed by atoms with Gasteiger partial charge in [-0.05, 0) is 24.9 Å². The number of nitrogens with one attached hydrogen (secondary N) is 1. The molecule has 0 amide bonds. The van der Waals surface area contributed by atoms with Crippen molar-refractivity contribution in [1.29, 1.82) is 0 Å². The Bertz CT molecular complexity index is 386. The van der Waals surface area contributed by atoms with E-state index < -0.39 is 0 Å². The highest BCUT2D eigenvalue weighted by Gasteiger charge is 2.08. The van der Waals surface area contributed by atoms with Crippen molar-refractivity contribution in [2.45, 2.75) is 19.3 Å². The topological polar surface area (TPSA) is 56.5 Å². The van der Waals surface area contributed by atoms with Crippen LogP contribution in [-0.4, -0.2) is 32.8 Å². The van der Waals surface area contributed by atoms with E-state index in [1.165, 1.54) is 18.6 Å². The predicted octanol–water partition coefficient (Wildman–Crippen LogP) is 3.23. The molecular formula is C14H24N2O2S. The fraction of sp³-hybridized carbons (Fsp3) is 0.571. The maximum atomic E-state index is 5.98. The Morgan fingerprint density at radius 1 is 1.11 bits per heavy atom. The third-order valence-corrected chi connectivity index (χ3v) is 3.59. The van der Waals surface area contributed by atoms with Crippen LogP contribution < -0.4 is 20.5 Å². The van der Waals surface area contributed by atoms with Crippen molar-refractivity contribution in [2.24, 2.45) is 0 Å². The molecule has 3 N–H and O–H groups in total. The fourth-order valence-electron chi connectivity index (χ4n) is 1.82. The largest absolute Gasteiger partial charge is 0.493 e. The Morgan fingerprint density at radius 2 is 1.79 bits per heavy atom. The van der Waals surface area contributed by atoms with Crippen LogP contribution in [0, 0.1) is 0 Å². The van der Waals surface area contributed by atoms with Gasteiger partial charge in [-0.25, -0.2) is 0 Å². The Morgan fingerprint density at radius 3 is 2.42 bits per heavy atom. The molecule has 0 aliphatic carbocycles. The van der Waals surface area contributed by atoms with E-state index in [2.05, 4.69) is 11.6 Å². The summed E-state index contributed by atoms with van der Waals surface area (Å²) in [6.07, 6.45) is 5.79. The summed E-state index contributed by atoms with van der Waals surface area (Å²) in [5.74, 6) is 2.59. The summed E-state index contributed by atoms with van der Waals surface area (Å²) in [7, 11) is 3.23. The van der Waals surface area contributed by atoms with E-state index in [0.717, 1.165) is 18.7 Å². The van der Waals surface area contributed by atoms with Gasteiger partial charge < -0.3 is 20.5 Å². The number of methoxy groups -OCH3 is 2. The Labute approximate surface area is 120 Å². The van der Waals surface area contributed by atoms with Crippen molar-refractivity contribution in [3.05, 3.63) is 12.1 Å². The number of nitrogen functional groups attached to an aromatic ring is 1. The van der Waals surface area contributed by atoms with E-state index in [4.69, 9.17) is 15.2 Å². The van der Waals surface area contributed by atoms with Gasteiger partial charge in [0.15, 0.2) is 11.5 Å². The third-order valence-electron chi connectivity index (χ3n) is 2.90. The summed E-state index contributed by atoms with van der Waals surface area (Å²) in [5, 5.41) is 3.35. The lowest BCUT2D eigenvalue weighted by molar-refractivity contribution is 0.355. The maximum absolute atomic E-state index is 5.98. The summed E-state index contributed by atoms with van der Waals surface area (Å²) in [4.78, 5) is 0. The number of ether oxygens (including phenoxy) is 2. The zero-order valence-electron chi connectivity index (χ0n) is 12.0. The first-order chi connectivity index (χ1) is 9.22. The molecule has 0 aliphatic heterocycles. The number of nitrogens with two attached hydrogens (primary N) is 1. The Kier molecular flexibility index (Phi) is 7.33. The second kappa shape index (κ2) is 8.80. The van der Waals surface area contributed by atoms with Gasteiger partial charge in [-0.2, -0.15) is 11.8 Å². The van der Waals surface area contributed by atoms with Crippen molar-refractivity contribution in [3.63, 3.8) is 0 Å². The highest BCUT2D eigenvalue weighted by Crippen LogP contribution is 2.34. The first-order valence-corrected chi connectivity index (χ1v) is 7.86. The van der Waals surface area contributed by atoms with Crippen molar-refractivity contribution in [3.8, 4) is 11.5 Å². The molecule has 0 radical (unpaired) electrons. The zero-order valence-corrected chi connectivity index (χ0v) is 12.8. The summed E-state index contributed by atoms with van der Waals surface area (Å²) < 4.78 is 10.5. The zero-order chi connectivity index (χ0) is 14.1. The molecule has 0 aliphatic rings. The van der Waals surface area contributed by atoms with Crippen molar-refractivity contribution < 1.29 is 9.47 Å². The van der Waals surface area contributed by atoms with Crippen LogP contribution in [0.15, 0.2) is 12.1 Å². The Hall–Kier alpha value is -1.23. The lowest BCUT2D eigenvalue weighted by Crippen LogP contribution is -2.05. The van der Waals surface area contributed by atoms with Crippen LogP contribution in [0.2, 0.25) is 0 Å². The standard InChI is InChI=1S/C14H24N2O2S/c1-17-13-9-11(15)12(10-14(13)18-2)16-7-5-4-6-8-19-3/h9-10,16H,4-8,15H2,1-3H3. The average Bonchev–Trinajstić information content (AvgIpc) is 2.43. The van der Waals surface area contributed by atoms with E-state index in [1.54, 1.807) is 20.3 Å². The monoisotopic (exact) mass is 284 g/mol. The molecule has 0 saturated carbocycles. The molecule has 0 bridgehead atoms. The van der Waals surface area contributed by atoms with Gasteiger partial charge in [-0.1, -0.05) is 6.42 Å². The van der Waals surface area contributed by atoms with Gasteiger partial charge in [0.2, 0.25) is 0 Å². The molecular weight excluding hydrogens is 260 g/mol. The smallest absolute Gasteiger partial charge is 0.162 e. The van der Waals surface area contributed by atoms with Gasteiger partial charge in [0, 0.05) is 18.7 Å². The molecule has 1 aromatic carbocycles. The molecule has 0 aromatic heterocycles. The first-order valence-electron chi connectivity index (χ1n) is 6.47. The van der Waals surface area contributed by atoms with Crippen LogP contribution >= 0.6 is 11.8 Å². The number of unbranched alkanes of at least 4 members (excludes halogenated alkanes) is 2. The highest BCUT2D eigenvalue weighted by atomic mass is 32.2. The van der Waals surface area contributed by atoms with Crippen molar-refractivity contribution >= 4 is 23.1 Å². The van der Waals surface area contributed by atoms with Crippen LogP contribution in [0.5, 0.6) is 11.5 Å². The molecule has 0 fully saturated rings. The van der Waals surface area contributed by atoms with Crippen LogP contribution in [0.3, 0.4) is 0 Å². The molecule has 5 heteroatoms. The van der Waals surface area contributed by atoms with Gasteiger partial charge in [-0.3, -0.25) is 0 Å². The number of rotatable bonds is 9. The molecule has 0 unspecified atom stereocenters. The van der Waals surface area contributed by atoms with E-state index >= 15 is 0 Å². The number of hydrogen-bond acceptors (Lipinski definition) is 5. The summed E-state index contributed by atoms with van der Waals surface area (Å²) in [6.45, 7) is 0.925. The quantitative estimate of drug-likeness (QED) is 0.538. The SMILES string of the molecule is COc1cc(N)c(NCCCCCSC)cc1OC. The molecule has 1 rings (SSSR count). The third kappa shape index (κ3) is 5.11. The minimum atomic E-state index is 0.658. The predicted molar refractivity (Wildman–Crippen MR) is 84.7 cm³/mol. The fourth-order valence-corrected chi connectivity index (χ4v) is 2.31. The average molecular weight is 284 g/mol. The normalized spacial score (nSPS) is 10.3. The first kappa shape index (κ1) is 15.8. The molecule has 0 spiro atoms. The van der Waals surface area contributed by atoms with Crippen LogP contribution in [0.1, 0.15) is 19.3 Å². The summed E-state index contributed by atoms with van der Waals surface area (Å²) >= 11 is 1.90. The Balaban J connectivity index is 2.49. The second-order valence-corrected chi connectivity index (χ2v) is 5.26. The van der Waals surface area contributed by atoms with E-state index in [9.17, 15) is 0 Å². The van der Waals surface area contributed by atoms with E-state index in [-0.39, 0.29) is 0 Å². The minimum Gasteiger partial charge on any atom is -0.493 e. The molecule has 1 aromatic rings. The van der Waals surface area contributed by atoms with Gasteiger partial charge in [0.1, 0.15) is 0 Å². The molecule has 0 heterocycles. The maximum Gasteiger partial charge on any atom is 0.162 e. The molecule has 19 heavy (non-hydrogen) atoms. The highest BCUT2D eigenvalue weighted by molar-refractivity contribution is 7.98. The number of thioether (sulfide) groups is 1. The molecule has 4 nitrogen and oxygen atoms in total. The van der Waals surface area contributed by atoms with Crippen LogP contribution in [0.25, 0.3) is 0 Å². The van der Waals surface area contributed by atoms with Gasteiger partial charge in [0.25, 0.3) is 0 Å². The lowest BCUT2D eigenvalue weighted by atomic mass is 10.2. The number of anilines is 2. The van der Waals surface area contributed by atoms with Gasteiger partial charge in [0.05, 0.1) is 25.6 Å². The van der Waals surface area contributed by atoms with Gasteiger partial charge >= 0.3 is 0 Å². The van der Waals surface area contributed by atoms with E-state index in [1.807, 2.05) is 17.8 Å². The van der Waals surface area contributed by atoms with Crippen LogP contribution in [-0.2, 0) is 0 Å². The molecule has 108 valence electrons. The van der Waals surface area contributed by atoms with E-state index in [0.29, 0.717) is 17.2 Å². The van der Waals surface area contributed by atoms with Gasteiger partial charge in [-0.15, -0.1) is 0 Å². The van der Waals surface area contributed by atoms with Crippen molar-refractivity contribution in [2.75, 3.05) is 43.8 Å². The second-order valence-electron chi connectivity index (χ2n) is 4.27. The van der Waals surface area contributed by atoms with Crippen LogP contribution in [0.4, 0.5) is 11.4 Å².